The molecule has 0 aliphatic carbocycles. The van der Waals surface area contributed by atoms with Crippen LogP contribution in [0.3, 0.4) is 0 Å². The number of benzene rings is 3. The second kappa shape index (κ2) is 7.10. The SMILES string of the molecule is O=[N+]([O-])c1ccc(Nc2ccccc2-c2ccc(B(O)O)cc2)c2nonc12. The van der Waals surface area contributed by atoms with E-state index in [-0.39, 0.29) is 16.7 Å². The van der Waals surface area contributed by atoms with Crippen LogP contribution in [0.4, 0.5) is 17.1 Å². The van der Waals surface area contributed by atoms with Gasteiger partial charge in [0.1, 0.15) is 0 Å². The molecule has 0 unspecified atom stereocenters. The van der Waals surface area contributed by atoms with Crippen LogP contribution in [-0.4, -0.2) is 32.4 Å². The van der Waals surface area contributed by atoms with Crippen LogP contribution in [0.15, 0.2) is 65.3 Å². The first-order chi connectivity index (χ1) is 13.5. The first-order valence-electron chi connectivity index (χ1n) is 8.27. The van der Waals surface area contributed by atoms with Crippen LogP contribution in [0.1, 0.15) is 0 Å². The summed E-state index contributed by atoms with van der Waals surface area (Å²) in [5.74, 6) is 0. The fourth-order valence-electron chi connectivity index (χ4n) is 2.93. The molecule has 0 spiro atoms. The Hall–Kier alpha value is -3.76. The lowest BCUT2D eigenvalue weighted by Crippen LogP contribution is -2.29. The predicted octanol–water partition coefficient (Wildman–Crippen LogP) is 2.22. The van der Waals surface area contributed by atoms with Gasteiger partial charge in [-0.15, -0.1) is 0 Å². The molecule has 3 N–H and O–H groups in total. The van der Waals surface area contributed by atoms with E-state index in [4.69, 9.17) is 4.63 Å². The van der Waals surface area contributed by atoms with Gasteiger partial charge in [0, 0.05) is 17.3 Å². The van der Waals surface area contributed by atoms with E-state index in [0.717, 1.165) is 16.8 Å². The van der Waals surface area contributed by atoms with E-state index in [1.54, 1.807) is 30.3 Å². The first kappa shape index (κ1) is 17.6. The van der Waals surface area contributed by atoms with Crippen molar-refractivity contribution >= 4 is 40.7 Å². The van der Waals surface area contributed by atoms with E-state index in [1.165, 1.54) is 6.07 Å². The molecular weight excluding hydrogens is 363 g/mol. The van der Waals surface area contributed by atoms with Gasteiger partial charge < -0.3 is 15.4 Å². The molecule has 0 saturated carbocycles. The summed E-state index contributed by atoms with van der Waals surface area (Å²) in [7, 11) is -1.53. The van der Waals surface area contributed by atoms with Crippen molar-refractivity contribution in [2.24, 2.45) is 0 Å². The molecule has 138 valence electrons. The van der Waals surface area contributed by atoms with Gasteiger partial charge in [-0.1, -0.05) is 42.5 Å². The average molecular weight is 376 g/mol. The number of nitrogens with zero attached hydrogens (tertiary/aromatic N) is 3. The van der Waals surface area contributed by atoms with Gasteiger partial charge in [0.05, 0.1) is 10.6 Å². The zero-order valence-electron chi connectivity index (χ0n) is 14.3. The molecule has 3 aromatic carbocycles. The minimum Gasteiger partial charge on any atom is -0.423 e. The summed E-state index contributed by atoms with van der Waals surface area (Å²) in [4.78, 5) is 10.6. The number of para-hydroxylation sites is 1. The topological polar surface area (TPSA) is 135 Å². The maximum atomic E-state index is 11.1. The largest absolute Gasteiger partial charge is 0.488 e. The standard InChI is InChI=1S/C18H13BN4O5/c24-19(25)12-7-5-11(6-8-12)13-3-1-2-4-14(13)20-15-9-10-16(23(26)27)18-17(15)21-28-22-18/h1-10,20,24-25H. The zero-order chi connectivity index (χ0) is 19.7. The molecule has 0 saturated heterocycles. The fraction of sp³-hybridized carbons (Fsp3) is 0. The maximum absolute atomic E-state index is 11.1. The number of nitro benzene ring substituents is 1. The van der Waals surface area contributed by atoms with Crippen molar-refractivity contribution in [3.63, 3.8) is 0 Å². The van der Waals surface area contributed by atoms with Crippen molar-refractivity contribution in [3.8, 4) is 11.1 Å². The zero-order valence-corrected chi connectivity index (χ0v) is 14.3. The number of hydrogen-bond donors (Lipinski definition) is 3. The molecule has 1 heterocycles. The molecule has 4 aromatic rings. The van der Waals surface area contributed by atoms with Crippen LogP contribution < -0.4 is 10.8 Å². The third kappa shape index (κ3) is 3.17. The van der Waals surface area contributed by atoms with Crippen molar-refractivity contribution in [1.82, 2.24) is 10.3 Å². The fourth-order valence-corrected chi connectivity index (χ4v) is 2.93. The van der Waals surface area contributed by atoms with Crippen LogP contribution >= 0.6 is 0 Å². The first-order valence-corrected chi connectivity index (χ1v) is 8.27. The van der Waals surface area contributed by atoms with Crippen LogP contribution in [0.2, 0.25) is 0 Å². The molecule has 0 fully saturated rings. The molecule has 28 heavy (non-hydrogen) atoms. The Kier molecular flexibility index (Phi) is 4.48. The van der Waals surface area contributed by atoms with Gasteiger partial charge in [-0.25, -0.2) is 4.63 Å². The number of rotatable bonds is 5. The molecular formula is C18H13BN4O5. The third-order valence-corrected chi connectivity index (χ3v) is 4.31. The summed E-state index contributed by atoms with van der Waals surface area (Å²) in [6.07, 6.45) is 0. The molecule has 9 nitrogen and oxygen atoms in total. The Morgan fingerprint density at radius 3 is 2.36 bits per heavy atom. The lowest BCUT2D eigenvalue weighted by atomic mass is 9.80. The van der Waals surface area contributed by atoms with Gasteiger partial charge >= 0.3 is 12.8 Å². The normalized spacial score (nSPS) is 10.8. The van der Waals surface area contributed by atoms with Crippen molar-refractivity contribution in [2.45, 2.75) is 0 Å². The number of nitro groups is 1. The van der Waals surface area contributed by atoms with Crippen LogP contribution in [0.5, 0.6) is 0 Å². The van der Waals surface area contributed by atoms with E-state index in [1.807, 2.05) is 24.3 Å². The van der Waals surface area contributed by atoms with Gasteiger partial charge in [0.25, 0.3) is 0 Å². The molecule has 0 bridgehead atoms. The Morgan fingerprint density at radius 2 is 1.64 bits per heavy atom. The van der Waals surface area contributed by atoms with E-state index in [2.05, 4.69) is 15.6 Å². The van der Waals surface area contributed by atoms with Crippen LogP contribution in [-0.2, 0) is 0 Å². The van der Waals surface area contributed by atoms with Gasteiger partial charge in [-0.2, -0.15) is 0 Å². The maximum Gasteiger partial charge on any atom is 0.488 e. The highest BCUT2D eigenvalue weighted by Crippen LogP contribution is 2.34. The summed E-state index contributed by atoms with van der Waals surface area (Å²) < 4.78 is 4.69. The molecule has 10 heteroatoms. The second-order valence-corrected chi connectivity index (χ2v) is 6.02. The molecule has 0 aliphatic heterocycles. The van der Waals surface area contributed by atoms with Crippen molar-refractivity contribution in [2.75, 3.05) is 5.32 Å². The number of anilines is 2. The molecule has 1 aromatic heterocycles. The number of nitrogens with one attached hydrogen (secondary N) is 1. The minimum atomic E-state index is -1.53. The summed E-state index contributed by atoms with van der Waals surface area (Å²) >= 11 is 0. The number of fused-ring (bicyclic) bond motifs is 1. The van der Waals surface area contributed by atoms with Crippen LogP contribution in [0, 0.1) is 10.1 Å². The number of hydrogen-bond acceptors (Lipinski definition) is 8. The summed E-state index contributed by atoms with van der Waals surface area (Å²) in [5.41, 5.74) is 3.47. The smallest absolute Gasteiger partial charge is 0.423 e. The van der Waals surface area contributed by atoms with Crippen molar-refractivity contribution in [1.29, 1.82) is 0 Å². The van der Waals surface area contributed by atoms with Crippen molar-refractivity contribution in [3.05, 3.63) is 70.8 Å². The van der Waals surface area contributed by atoms with Gasteiger partial charge in [0.15, 0.2) is 5.52 Å². The third-order valence-electron chi connectivity index (χ3n) is 4.31. The number of aromatic nitrogens is 2. The van der Waals surface area contributed by atoms with E-state index < -0.39 is 12.0 Å². The molecule has 0 aliphatic rings. The summed E-state index contributed by atoms with van der Waals surface area (Å²) in [6, 6.07) is 17.2. The highest BCUT2D eigenvalue weighted by molar-refractivity contribution is 6.58. The highest BCUT2D eigenvalue weighted by atomic mass is 16.6. The Labute approximate surface area is 158 Å². The Morgan fingerprint density at radius 1 is 0.929 bits per heavy atom. The van der Waals surface area contributed by atoms with Gasteiger partial charge in [0.2, 0.25) is 5.52 Å². The summed E-state index contributed by atoms with van der Waals surface area (Å²) in [6.45, 7) is 0. The van der Waals surface area contributed by atoms with E-state index >= 15 is 0 Å². The Balaban J connectivity index is 1.74. The monoisotopic (exact) mass is 376 g/mol. The number of non-ortho nitro benzene ring substituents is 1. The Bertz CT molecular complexity index is 1160. The highest BCUT2D eigenvalue weighted by Gasteiger charge is 2.20. The van der Waals surface area contributed by atoms with Gasteiger partial charge in [-0.05, 0) is 33.5 Å². The second-order valence-electron chi connectivity index (χ2n) is 6.02. The summed E-state index contributed by atoms with van der Waals surface area (Å²) in [5, 5.41) is 40.3. The molecule has 0 radical (unpaired) electrons. The molecule has 0 amide bonds. The van der Waals surface area contributed by atoms with Crippen molar-refractivity contribution < 1.29 is 19.6 Å². The molecule has 4 rings (SSSR count). The average Bonchev–Trinajstić information content (AvgIpc) is 3.19. The lowest BCUT2D eigenvalue weighted by molar-refractivity contribution is -0.383. The quantitative estimate of drug-likeness (QED) is 0.274. The van der Waals surface area contributed by atoms with E-state index in [0.29, 0.717) is 11.2 Å². The molecule has 0 atom stereocenters. The lowest BCUT2D eigenvalue weighted by Gasteiger charge is -2.13. The van der Waals surface area contributed by atoms with Crippen LogP contribution in [0.25, 0.3) is 22.2 Å². The van der Waals surface area contributed by atoms with E-state index in [9.17, 15) is 20.2 Å². The van der Waals surface area contributed by atoms with Gasteiger partial charge in [-0.3, -0.25) is 10.1 Å². The minimum absolute atomic E-state index is 0.0637. The predicted molar refractivity (Wildman–Crippen MR) is 103 cm³/mol.